The Labute approximate surface area is 150 Å². The number of benzene rings is 2. The first-order chi connectivity index (χ1) is 11.5. The van der Waals surface area contributed by atoms with Gasteiger partial charge in [-0.05, 0) is 48.7 Å². The van der Waals surface area contributed by atoms with Crippen LogP contribution in [0, 0.1) is 13.8 Å². The van der Waals surface area contributed by atoms with Crippen LogP contribution in [0.3, 0.4) is 0 Å². The molecule has 0 fully saturated rings. The Morgan fingerprint density at radius 2 is 1.96 bits per heavy atom. The van der Waals surface area contributed by atoms with E-state index >= 15 is 0 Å². The van der Waals surface area contributed by atoms with Gasteiger partial charge < -0.3 is 5.73 Å². The molecule has 0 saturated heterocycles. The molecule has 0 aliphatic rings. The van der Waals surface area contributed by atoms with Crippen LogP contribution in [0.2, 0.25) is 5.02 Å². The molecular weight excluding hydrogens is 340 g/mol. The van der Waals surface area contributed by atoms with Crippen LogP contribution in [-0.4, -0.2) is 10.9 Å². The summed E-state index contributed by atoms with van der Waals surface area (Å²) >= 11 is 7.89. The van der Waals surface area contributed by atoms with Crippen LogP contribution in [0.15, 0.2) is 42.5 Å². The zero-order valence-corrected chi connectivity index (χ0v) is 15.0. The van der Waals surface area contributed by atoms with E-state index < -0.39 is 5.91 Å². The molecule has 2 aromatic carbocycles. The number of primary amides is 1. The molecule has 122 valence electrons. The number of hydrogen-bond donors (Lipinski definition) is 1. The standard InChI is InChI=1S/C19H17ClN2OS/c1-11-9-14(7-8-15(11)19(21)23)18-12(2)22-17(24-18)10-13-5-3-4-6-16(13)20/h3-9H,10H2,1-2H3,(H2,21,23). The van der Waals surface area contributed by atoms with Gasteiger partial charge in [0, 0.05) is 17.0 Å². The molecule has 2 N–H and O–H groups in total. The largest absolute Gasteiger partial charge is 0.366 e. The maximum atomic E-state index is 11.4. The molecule has 5 heteroatoms. The first kappa shape index (κ1) is 16.7. The Morgan fingerprint density at radius 1 is 1.21 bits per heavy atom. The van der Waals surface area contributed by atoms with E-state index in [2.05, 4.69) is 4.98 Å². The monoisotopic (exact) mass is 356 g/mol. The zero-order chi connectivity index (χ0) is 17.3. The van der Waals surface area contributed by atoms with Gasteiger partial charge in [-0.25, -0.2) is 4.98 Å². The fourth-order valence-electron chi connectivity index (χ4n) is 2.68. The van der Waals surface area contributed by atoms with Crippen molar-refractivity contribution >= 4 is 28.8 Å². The van der Waals surface area contributed by atoms with Crippen LogP contribution in [0.1, 0.15) is 32.2 Å². The summed E-state index contributed by atoms with van der Waals surface area (Å²) in [5.74, 6) is -0.403. The number of aromatic nitrogens is 1. The molecule has 0 unspecified atom stereocenters. The molecule has 0 aliphatic carbocycles. The third-order valence-corrected chi connectivity index (χ3v) is 5.47. The van der Waals surface area contributed by atoms with Crippen molar-refractivity contribution in [2.45, 2.75) is 20.3 Å². The minimum atomic E-state index is -0.403. The minimum Gasteiger partial charge on any atom is -0.366 e. The molecule has 1 amide bonds. The highest BCUT2D eigenvalue weighted by atomic mass is 35.5. The predicted molar refractivity (Wildman–Crippen MR) is 99.8 cm³/mol. The zero-order valence-electron chi connectivity index (χ0n) is 13.5. The lowest BCUT2D eigenvalue weighted by atomic mass is 10.0. The van der Waals surface area contributed by atoms with Crippen LogP contribution in [-0.2, 0) is 6.42 Å². The Kier molecular flexibility index (Phi) is 4.69. The summed E-state index contributed by atoms with van der Waals surface area (Å²) in [4.78, 5) is 17.2. The molecule has 0 aliphatic heterocycles. The Hall–Kier alpha value is -2.17. The molecule has 1 aromatic heterocycles. The predicted octanol–water partition coefficient (Wildman–Crippen LogP) is 4.77. The second-order valence-corrected chi connectivity index (χ2v) is 7.18. The SMILES string of the molecule is Cc1cc(-c2sc(Cc3ccccc3Cl)nc2C)ccc1C(N)=O. The van der Waals surface area contributed by atoms with E-state index in [1.54, 1.807) is 17.4 Å². The van der Waals surface area contributed by atoms with Gasteiger partial charge in [0.05, 0.1) is 15.6 Å². The van der Waals surface area contributed by atoms with Gasteiger partial charge in [-0.15, -0.1) is 11.3 Å². The molecule has 0 spiro atoms. The van der Waals surface area contributed by atoms with E-state index in [4.69, 9.17) is 17.3 Å². The van der Waals surface area contributed by atoms with Crippen LogP contribution in [0.4, 0.5) is 0 Å². The van der Waals surface area contributed by atoms with E-state index in [-0.39, 0.29) is 0 Å². The van der Waals surface area contributed by atoms with Gasteiger partial charge >= 0.3 is 0 Å². The highest BCUT2D eigenvalue weighted by Crippen LogP contribution is 2.33. The van der Waals surface area contributed by atoms with Crippen LogP contribution in [0.25, 0.3) is 10.4 Å². The highest BCUT2D eigenvalue weighted by Gasteiger charge is 2.13. The van der Waals surface area contributed by atoms with Crippen molar-refractivity contribution in [3.8, 4) is 10.4 Å². The molecule has 3 nitrogen and oxygen atoms in total. The number of thiazole rings is 1. The molecule has 24 heavy (non-hydrogen) atoms. The highest BCUT2D eigenvalue weighted by molar-refractivity contribution is 7.15. The molecular formula is C19H17ClN2OS. The number of carbonyl (C=O) groups is 1. The van der Waals surface area contributed by atoms with Crippen LogP contribution in [0.5, 0.6) is 0 Å². The minimum absolute atomic E-state index is 0.403. The first-order valence-corrected chi connectivity index (χ1v) is 8.75. The summed E-state index contributed by atoms with van der Waals surface area (Å²) in [6, 6.07) is 13.5. The second kappa shape index (κ2) is 6.75. The summed E-state index contributed by atoms with van der Waals surface area (Å²) in [7, 11) is 0. The maximum absolute atomic E-state index is 11.4. The average Bonchev–Trinajstić information content (AvgIpc) is 2.89. The Morgan fingerprint density at radius 3 is 2.62 bits per heavy atom. The molecule has 0 saturated carbocycles. The molecule has 3 aromatic rings. The molecule has 3 rings (SSSR count). The lowest BCUT2D eigenvalue weighted by Crippen LogP contribution is -2.12. The van der Waals surface area contributed by atoms with Gasteiger partial charge in [-0.3, -0.25) is 4.79 Å². The number of carbonyl (C=O) groups excluding carboxylic acids is 1. The van der Waals surface area contributed by atoms with Gasteiger partial charge in [0.25, 0.3) is 0 Å². The van der Waals surface area contributed by atoms with Crippen molar-refractivity contribution in [2.24, 2.45) is 5.73 Å². The topological polar surface area (TPSA) is 56.0 Å². The lowest BCUT2D eigenvalue weighted by molar-refractivity contribution is 0.1000. The van der Waals surface area contributed by atoms with Crippen molar-refractivity contribution in [2.75, 3.05) is 0 Å². The van der Waals surface area contributed by atoms with E-state index in [1.807, 2.05) is 50.2 Å². The number of hydrogen-bond acceptors (Lipinski definition) is 3. The summed E-state index contributed by atoms with van der Waals surface area (Å²) in [5.41, 5.74) is 9.91. The first-order valence-electron chi connectivity index (χ1n) is 7.56. The van der Waals surface area contributed by atoms with Crippen LogP contribution >= 0.6 is 22.9 Å². The number of rotatable bonds is 4. The van der Waals surface area contributed by atoms with Gasteiger partial charge in [0.1, 0.15) is 0 Å². The third kappa shape index (κ3) is 3.35. The number of nitrogens with two attached hydrogens (primary N) is 1. The van der Waals surface area contributed by atoms with Crippen molar-refractivity contribution in [1.82, 2.24) is 4.98 Å². The summed E-state index contributed by atoms with van der Waals surface area (Å²) in [6.45, 7) is 3.89. The number of nitrogens with zero attached hydrogens (tertiary/aromatic N) is 1. The Bertz CT molecular complexity index is 917. The quantitative estimate of drug-likeness (QED) is 0.732. The van der Waals surface area contributed by atoms with Crippen molar-refractivity contribution in [3.05, 3.63) is 74.9 Å². The molecule has 0 radical (unpaired) electrons. The van der Waals surface area contributed by atoms with E-state index in [0.29, 0.717) is 12.0 Å². The van der Waals surface area contributed by atoms with Gasteiger partial charge in [0.15, 0.2) is 0 Å². The summed E-state index contributed by atoms with van der Waals surface area (Å²) < 4.78 is 0. The van der Waals surface area contributed by atoms with E-state index in [1.165, 1.54) is 0 Å². The summed E-state index contributed by atoms with van der Waals surface area (Å²) in [5, 5.41) is 1.78. The third-order valence-electron chi connectivity index (χ3n) is 3.89. The van der Waals surface area contributed by atoms with Crippen molar-refractivity contribution < 1.29 is 4.79 Å². The van der Waals surface area contributed by atoms with Gasteiger partial charge in [-0.1, -0.05) is 35.9 Å². The number of amides is 1. The fraction of sp³-hybridized carbons (Fsp3) is 0.158. The van der Waals surface area contributed by atoms with Crippen molar-refractivity contribution in [1.29, 1.82) is 0 Å². The lowest BCUT2D eigenvalue weighted by Gasteiger charge is -2.05. The molecule has 1 heterocycles. The Balaban J connectivity index is 1.93. The fourth-order valence-corrected chi connectivity index (χ4v) is 3.97. The summed E-state index contributed by atoms with van der Waals surface area (Å²) in [6.07, 6.45) is 0.712. The van der Waals surface area contributed by atoms with Crippen LogP contribution < -0.4 is 5.73 Å². The van der Waals surface area contributed by atoms with Gasteiger partial charge in [-0.2, -0.15) is 0 Å². The van der Waals surface area contributed by atoms with Gasteiger partial charge in [0.2, 0.25) is 5.91 Å². The number of halogens is 1. The normalized spacial score (nSPS) is 10.8. The smallest absolute Gasteiger partial charge is 0.248 e. The molecule has 0 atom stereocenters. The maximum Gasteiger partial charge on any atom is 0.248 e. The van der Waals surface area contributed by atoms with Crippen molar-refractivity contribution in [3.63, 3.8) is 0 Å². The average molecular weight is 357 g/mol. The number of aryl methyl sites for hydroxylation is 2. The molecule has 0 bridgehead atoms. The van der Waals surface area contributed by atoms with E-state index in [0.717, 1.165) is 37.3 Å². The van der Waals surface area contributed by atoms with E-state index in [9.17, 15) is 4.79 Å². The second-order valence-electron chi connectivity index (χ2n) is 5.68.